The molecule has 4 rings (SSSR count). The summed E-state index contributed by atoms with van der Waals surface area (Å²) < 4.78 is 30.0. The van der Waals surface area contributed by atoms with E-state index in [4.69, 9.17) is 23.7 Å². The molecule has 2 atom stereocenters. The molecule has 5 nitrogen and oxygen atoms in total. The van der Waals surface area contributed by atoms with Crippen molar-refractivity contribution in [2.24, 2.45) is 56.2 Å². The van der Waals surface area contributed by atoms with Gasteiger partial charge in [-0.25, -0.2) is 0 Å². The molecule has 68 heavy (non-hydrogen) atoms. The van der Waals surface area contributed by atoms with Gasteiger partial charge in [0.05, 0.1) is 59.0 Å². The minimum Gasteiger partial charge on any atom is -0.376 e. The average Bonchev–Trinajstić information content (AvgIpc) is 3.87. The highest BCUT2D eigenvalue weighted by molar-refractivity contribution is 5.02. The van der Waals surface area contributed by atoms with Gasteiger partial charge in [0.15, 0.2) is 0 Å². The first kappa shape index (κ1) is 67.8. The van der Waals surface area contributed by atoms with Gasteiger partial charge in [0.2, 0.25) is 0 Å². The van der Waals surface area contributed by atoms with E-state index < -0.39 is 0 Å². The van der Waals surface area contributed by atoms with Gasteiger partial charge in [0, 0.05) is 0 Å². The first-order chi connectivity index (χ1) is 29.6. The van der Waals surface area contributed by atoms with E-state index in [0.717, 1.165) is 31.7 Å². The van der Waals surface area contributed by atoms with Crippen molar-refractivity contribution in [3.8, 4) is 0 Å². The molecule has 0 aliphatic heterocycles. The van der Waals surface area contributed by atoms with Crippen molar-refractivity contribution in [2.45, 2.75) is 331 Å². The topological polar surface area (TPSA) is 46.2 Å². The van der Waals surface area contributed by atoms with Crippen LogP contribution in [-0.2, 0) is 23.7 Å². The van der Waals surface area contributed by atoms with Gasteiger partial charge < -0.3 is 23.7 Å². The lowest BCUT2D eigenvalue weighted by molar-refractivity contribution is -0.185. The molecule has 0 N–H and O–H groups in total. The SMILES string of the molecule is CC(C)(C)CC1(OC(C)(C)C)CC1.CC(C)(C)CC1(OC(C)(C)C)CCC1.CC(C)(C)OCC(C1CC1)C(C)(C)C.CC(C)(C)OCC1(C(C)(C)C)CC1.CC(C)C(COC(C)(C)C)C(C)(C)C. The normalized spacial score (nSPS) is 20.4. The Kier molecular flexibility index (Phi) is 24.4. The van der Waals surface area contributed by atoms with E-state index in [1.165, 1.54) is 70.6 Å². The van der Waals surface area contributed by atoms with Gasteiger partial charge in [-0.05, 0) is 231 Å². The summed E-state index contributed by atoms with van der Waals surface area (Å²) in [4.78, 5) is 0. The highest BCUT2D eigenvalue weighted by Gasteiger charge is 2.52. The van der Waals surface area contributed by atoms with Gasteiger partial charge in [-0.15, -0.1) is 0 Å². The third kappa shape index (κ3) is 32.1. The van der Waals surface area contributed by atoms with Gasteiger partial charge >= 0.3 is 0 Å². The lowest BCUT2D eigenvalue weighted by Gasteiger charge is -2.49. The van der Waals surface area contributed by atoms with Crippen LogP contribution in [0.2, 0.25) is 0 Å². The van der Waals surface area contributed by atoms with Crippen LogP contribution in [0.4, 0.5) is 0 Å². The van der Waals surface area contributed by atoms with Gasteiger partial charge in [-0.2, -0.15) is 0 Å². The molecule has 0 saturated heterocycles. The van der Waals surface area contributed by atoms with Crippen LogP contribution in [0.3, 0.4) is 0 Å². The van der Waals surface area contributed by atoms with E-state index in [0.29, 0.717) is 44.3 Å². The Balaban J connectivity index is 0.000000825. The smallest absolute Gasteiger partial charge is 0.0696 e. The molecule has 5 heteroatoms. The zero-order valence-electron chi connectivity index (χ0n) is 52.8. The van der Waals surface area contributed by atoms with Gasteiger partial charge in [0.1, 0.15) is 0 Å². The molecule has 2 unspecified atom stereocenters. The van der Waals surface area contributed by atoms with Crippen molar-refractivity contribution in [3.05, 3.63) is 0 Å². The predicted octanol–water partition coefficient (Wildman–Crippen LogP) is 19.6. The van der Waals surface area contributed by atoms with Crippen molar-refractivity contribution in [3.63, 3.8) is 0 Å². The van der Waals surface area contributed by atoms with Crippen molar-refractivity contribution in [1.82, 2.24) is 0 Å². The first-order valence-electron chi connectivity index (χ1n) is 28.0. The fourth-order valence-electron chi connectivity index (χ4n) is 9.90. The summed E-state index contributed by atoms with van der Waals surface area (Å²) >= 11 is 0. The Morgan fingerprint density at radius 3 is 0.971 bits per heavy atom. The molecule has 0 aromatic rings. The standard InChI is InChI=1S/2C13H26O.C13H28O.2C12H24O/c1-12(2,3)11(10-7-8-10)9-14-13(4,5)6;1-11(2,3)10-13(8-7-9-13)14-12(4,5)6;1-10(2)11(12(3,4)5)9-14-13(6,7)8;1-10(2,3)12(7-8-12)9-13-11(4,5)6;1-10(2,3)9-12(7-8-12)13-11(4,5)6/h10-11H,7-9H2,1-6H3;7-10H2,1-6H3;10-11H,9H2,1-8H3;2*7-9H2,1-6H3. The molecule has 4 saturated carbocycles. The van der Waals surface area contributed by atoms with E-state index in [1.54, 1.807) is 0 Å². The number of hydrogen-bond donors (Lipinski definition) is 0. The molecular weight excluding hydrogens is 837 g/mol. The molecule has 0 spiro atoms. The zero-order chi connectivity index (χ0) is 54.2. The van der Waals surface area contributed by atoms with Gasteiger partial charge in [-0.1, -0.05) is 118 Å². The van der Waals surface area contributed by atoms with E-state index in [-0.39, 0.29) is 39.2 Å². The molecule has 4 aliphatic rings. The lowest BCUT2D eigenvalue weighted by atomic mass is 9.70. The Morgan fingerprint density at radius 1 is 0.412 bits per heavy atom. The van der Waals surface area contributed by atoms with Crippen LogP contribution in [0, 0.1) is 56.2 Å². The van der Waals surface area contributed by atoms with Crippen LogP contribution in [0.1, 0.15) is 292 Å². The van der Waals surface area contributed by atoms with Crippen LogP contribution >= 0.6 is 0 Å². The van der Waals surface area contributed by atoms with Crippen LogP contribution < -0.4 is 0 Å². The first-order valence-corrected chi connectivity index (χ1v) is 28.0. The van der Waals surface area contributed by atoms with Crippen LogP contribution in [0.5, 0.6) is 0 Å². The summed E-state index contributed by atoms with van der Waals surface area (Å²) in [6, 6.07) is 0. The minimum atomic E-state index is -0.0155. The molecule has 0 amide bonds. The largest absolute Gasteiger partial charge is 0.376 e. The molecule has 0 heterocycles. The van der Waals surface area contributed by atoms with Gasteiger partial charge in [-0.3, -0.25) is 0 Å². The quantitative estimate of drug-likeness (QED) is 0.195. The monoisotopic (exact) mass is 965 g/mol. The van der Waals surface area contributed by atoms with Crippen LogP contribution in [0.25, 0.3) is 0 Å². The third-order valence-corrected chi connectivity index (χ3v) is 13.7. The Labute approximate surface area is 429 Å². The van der Waals surface area contributed by atoms with Crippen molar-refractivity contribution in [2.75, 3.05) is 19.8 Å². The van der Waals surface area contributed by atoms with Crippen LogP contribution in [0.15, 0.2) is 0 Å². The average molecular weight is 966 g/mol. The molecule has 410 valence electrons. The minimum absolute atomic E-state index is 0.00562. The Morgan fingerprint density at radius 2 is 0.765 bits per heavy atom. The number of ether oxygens (including phenoxy) is 5. The summed E-state index contributed by atoms with van der Waals surface area (Å²) in [7, 11) is 0. The summed E-state index contributed by atoms with van der Waals surface area (Å²) in [5, 5.41) is 0. The maximum Gasteiger partial charge on any atom is 0.0696 e. The number of hydrogen-bond acceptors (Lipinski definition) is 5. The fourth-order valence-corrected chi connectivity index (χ4v) is 9.90. The van der Waals surface area contributed by atoms with Crippen LogP contribution in [-0.4, -0.2) is 59.0 Å². The molecule has 0 radical (unpaired) electrons. The maximum atomic E-state index is 6.24. The highest BCUT2D eigenvalue weighted by Crippen LogP contribution is 2.59. The summed E-state index contributed by atoms with van der Waals surface area (Å²) in [6.07, 6.45) is 14.2. The fraction of sp³-hybridized carbons (Fsp3) is 1.00. The summed E-state index contributed by atoms with van der Waals surface area (Å²) in [5.41, 5.74) is 2.82. The molecule has 0 aromatic heterocycles. The Bertz CT molecular complexity index is 1310. The molecule has 4 aliphatic carbocycles. The lowest BCUT2D eigenvalue weighted by Crippen LogP contribution is -2.47. The Hall–Kier alpha value is -0.200. The molecular formula is C63H128O5. The van der Waals surface area contributed by atoms with Crippen molar-refractivity contribution >= 4 is 0 Å². The number of rotatable bonds is 12. The molecule has 0 bridgehead atoms. The van der Waals surface area contributed by atoms with Crippen molar-refractivity contribution < 1.29 is 23.7 Å². The van der Waals surface area contributed by atoms with E-state index in [2.05, 4.69) is 222 Å². The van der Waals surface area contributed by atoms with Gasteiger partial charge in [0.25, 0.3) is 0 Å². The summed E-state index contributed by atoms with van der Waals surface area (Å²) in [5.74, 6) is 2.97. The van der Waals surface area contributed by atoms with E-state index in [1.807, 2.05) is 0 Å². The molecule has 4 fully saturated rings. The second kappa shape index (κ2) is 24.4. The second-order valence-corrected chi connectivity index (χ2v) is 33.4. The summed E-state index contributed by atoms with van der Waals surface area (Å²) in [6.45, 7) is 74.0. The van der Waals surface area contributed by atoms with Crippen molar-refractivity contribution in [1.29, 1.82) is 0 Å². The zero-order valence-corrected chi connectivity index (χ0v) is 52.8. The third-order valence-electron chi connectivity index (χ3n) is 13.7. The predicted molar refractivity (Wildman–Crippen MR) is 300 cm³/mol. The second-order valence-electron chi connectivity index (χ2n) is 33.4. The highest BCUT2D eigenvalue weighted by atomic mass is 16.5. The van der Waals surface area contributed by atoms with E-state index >= 15 is 0 Å². The van der Waals surface area contributed by atoms with E-state index in [9.17, 15) is 0 Å². The maximum absolute atomic E-state index is 6.24. The molecule has 0 aromatic carbocycles.